The first-order valence-electron chi connectivity index (χ1n) is 6.23. The zero-order chi connectivity index (χ0) is 14.0. The highest BCUT2D eigenvalue weighted by Crippen LogP contribution is 2.27. The van der Waals surface area contributed by atoms with Gasteiger partial charge in [0, 0.05) is 11.9 Å². The van der Waals surface area contributed by atoms with Gasteiger partial charge >= 0.3 is 0 Å². The lowest BCUT2D eigenvalue weighted by Gasteiger charge is -2.14. The maximum absolute atomic E-state index is 9.23. The zero-order valence-corrected chi connectivity index (χ0v) is 11.7. The van der Waals surface area contributed by atoms with Crippen LogP contribution in [0, 0.1) is 39.0 Å². The predicted octanol–water partition coefficient (Wildman–Crippen LogP) is 3.93. The molecule has 0 saturated carbocycles. The average Bonchev–Trinajstić information content (AvgIpc) is 2.34. The minimum atomic E-state index is 0.599. The fourth-order valence-corrected chi connectivity index (χ4v) is 2.29. The summed E-state index contributed by atoms with van der Waals surface area (Å²) in [5.74, 6) is 0.623. The van der Waals surface area contributed by atoms with Gasteiger partial charge in [-0.2, -0.15) is 5.26 Å². The average molecular weight is 251 g/mol. The molecule has 0 aliphatic heterocycles. The van der Waals surface area contributed by atoms with Crippen LogP contribution in [0.3, 0.4) is 0 Å². The Kier molecular flexibility index (Phi) is 3.52. The summed E-state index contributed by atoms with van der Waals surface area (Å²) in [5.41, 5.74) is 6.11. The molecule has 0 saturated heterocycles. The molecule has 0 fully saturated rings. The van der Waals surface area contributed by atoms with Gasteiger partial charge in [0.05, 0.1) is 5.56 Å². The van der Waals surface area contributed by atoms with Crippen molar-refractivity contribution in [1.82, 2.24) is 4.98 Å². The Balaban J connectivity index is 2.49. The van der Waals surface area contributed by atoms with Gasteiger partial charge in [0.1, 0.15) is 11.9 Å². The van der Waals surface area contributed by atoms with E-state index in [0.29, 0.717) is 11.4 Å². The molecule has 0 aliphatic carbocycles. The molecule has 3 nitrogen and oxygen atoms in total. The number of benzene rings is 1. The van der Waals surface area contributed by atoms with Gasteiger partial charge in [0.2, 0.25) is 0 Å². The summed E-state index contributed by atoms with van der Waals surface area (Å²) in [4.78, 5) is 4.28. The van der Waals surface area contributed by atoms with Crippen LogP contribution in [0.2, 0.25) is 0 Å². The van der Waals surface area contributed by atoms with Crippen molar-refractivity contribution in [2.24, 2.45) is 0 Å². The van der Waals surface area contributed by atoms with E-state index in [1.807, 2.05) is 13.0 Å². The smallest absolute Gasteiger partial charge is 0.148 e. The van der Waals surface area contributed by atoms with E-state index >= 15 is 0 Å². The highest BCUT2D eigenvalue weighted by molar-refractivity contribution is 5.69. The van der Waals surface area contributed by atoms with Gasteiger partial charge in [-0.1, -0.05) is 17.7 Å². The van der Waals surface area contributed by atoms with Crippen LogP contribution in [0.25, 0.3) is 0 Å². The number of nitriles is 1. The number of rotatable bonds is 2. The number of aromatic nitrogens is 1. The van der Waals surface area contributed by atoms with Crippen LogP contribution in [0.4, 0.5) is 11.5 Å². The minimum absolute atomic E-state index is 0.599. The zero-order valence-electron chi connectivity index (χ0n) is 11.7. The third kappa shape index (κ3) is 2.58. The van der Waals surface area contributed by atoms with Crippen LogP contribution in [-0.4, -0.2) is 4.98 Å². The number of nitrogens with zero attached hydrogens (tertiary/aromatic N) is 2. The van der Waals surface area contributed by atoms with Gasteiger partial charge in [0.15, 0.2) is 0 Å². The molecule has 0 spiro atoms. The largest absolute Gasteiger partial charge is 0.339 e. The Labute approximate surface area is 113 Å². The third-order valence-corrected chi connectivity index (χ3v) is 3.19. The maximum atomic E-state index is 9.23. The van der Waals surface area contributed by atoms with Gasteiger partial charge in [-0.25, -0.2) is 4.98 Å². The van der Waals surface area contributed by atoms with Crippen molar-refractivity contribution in [2.45, 2.75) is 27.7 Å². The Bertz CT molecular complexity index is 643. The summed E-state index contributed by atoms with van der Waals surface area (Å²) in [6.07, 6.45) is 1.72. The highest BCUT2D eigenvalue weighted by atomic mass is 15.0. The Hall–Kier alpha value is -2.34. The SMILES string of the molecule is Cc1cc(C)c(Nc2nccc(C)c2C#N)c(C)c1. The van der Waals surface area contributed by atoms with E-state index in [9.17, 15) is 5.26 Å². The van der Waals surface area contributed by atoms with Crippen LogP contribution < -0.4 is 5.32 Å². The Morgan fingerprint density at radius 1 is 1.05 bits per heavy atom. The van der Waals surface area contributed by atoms with E-state index in [1.165, 1.54) is 5.56 Å². The quantitative estimate of drug-likeness (QED) is 0.879. The summed E-state index contributed by atoms with van der Waals surface area (Å²) in [6, 6.07) is 8.30. The molecular weight excluding hydrogens is 234 g/mol. The summed E-state index contributed by atoms with van der Waals surface area (Å²) in [7, 11) is 0. The van der Waals surface area contributed by atoms with Crippen LogP contribution in [0.1, 0.15) is 27.8 Å². The molecule has 0 atom stereocenters. The van der Waals surface area contributed by atoms with Gasteiger partial charge in [-0.15, -0.1) is 0 Å². The first kappa shape index (κ1) is 13.1. The molecule has 0 aliphatic rings. The van der Waals surface area contributed by atoms with Crippen LogP contribution >= 0.6 is 0 Å². The van der Waals surface area contributed by atoms with Crippen LogP contribution in [0.15, 0.2) is 24.4 Å². The summed E-state index contributed by atoms with van der Waals surface area (Å²) >= 11 is 0. The fraction of sp³-hybridized carbons (Fsp3) is 0.250. The molecule has 1 heterocycles. The fourth-order valence-electron chi connectivity index (χ4n) is 2.29. The first-order valence-corrected chi connectivity index (χ1v) is 6.23. The molecule has 3 heteroatoms. The van der Waals surface area contributed by atoms with E-state index in [2.05, 4.69) is 49.3 Å². The first-order chi connectivity index (χ1) is 9.02. The topological polar surface area (TPSA) is 48.7 Å². The molecule has 1 aromatic carbocycles. The number of pyridine rings is 1. The molecule has 0 radical (unpaired) electrons. The maximum Gasteiger partial charge on any atom is 0.148 e. The van der Waals surface area contributed by atoms with Crippen LogP contribution in [-0.2, 0) is 0 Å². The lowest BCUT2D eigenvalue weighted by Crippen LogP contribution is -2.02. The van der Waals surface area contributed by atoms with Crippen molar-refractivity contribution >= 4 is 11.5 Å². The van der Waals surface area contributed by atoms with Crippen molar-refractivity contribution in [3.63, 3.8) is 0 Å². The lowest BCUT2D eigenvalue weighted by atomic mass is 10.0. The Morgan fingerprint density at radius 3 is 2.26 bits per heavy atom. The van der Waals surface area contributed by atoms with Crippen molar-refractivity contribution in [1.29, 1.82) is 5.26 Å². The second kappa shape index (κ2) is 5.11. The van der Waals surface area contributed by atoms with E-state index in [1.54, 1.807) is 6.20 Å². The molecule has 0 bridgehead atoms. The molecule has 2 aromatic rings. The number of hydrogen-bond donors (Lipinski definition) is 1. The highest BCUT2D eigenvalue weighted by Gasteiger charge is 2.10. The van der Waals surface area contributed by atoms with Gasteiger partial charge in [-0.05, 0) is 50.5 Å². The third-order valence-electron chi connectivity index (χ3n) is 3.19. The molecule has 1 aromatic heterocycles. The summed E-state index contributed by atoms with van der Waals surface area (Å²) in [5, 5.41) is 12.5. The van der Waals surface area contributed by atoms with Gasteiger partial charge in [-0.3, -0.25) is 0 Å². The molecule has 96 valence electrons. The standard InChI is InChI=1S/C16H17N3/c1-10-7-12(3)15(13(4)8-10)19-16-14(9-17)11(2)5-6-18-16/h5-8H,1-4H3,(H,18,19). The molecule has 1 N–H and O–H groups in total. The lowest BCUT2D eigenvalue weighted by molar-refractivity contribution is 1.22. The second-order valence-electron chi connectivity index (χ2n) is 4.86. The van der Waals surface area contributed by atoms with Crippen molar-refractivity contribution in [2.75, 3.05) is 5.32 Å². The predicted molar refractivity (Wildman–Crippen MR) is 77.6 cm³/mol. The summed E-state index contributed by atoms with van der Waals surface area (Å²) < 4.78 is 0. The summed E-state index contributed by atoms with van der Waals surface area (Å²) in [6.45, 7) is 8.12. The van der Waals surface area contributed by atoms with E-state index in [0.717, 1.165) is 22.4 Å². The van der Waals surface area contributed by atoms with Crippen molar-refractivity contribution in [3.8, 4) is 6.07 Å². The van der Waals surface area contributed by atoms with Crippen LogP contribution in [0.5, 0.6) is 0 Å². The monoisotopic (exact) mass is 251 g/mol. The molecule has 2 rings (SSSR count). The van der Waals surface area contributed by atoms with E-state index < -0.39 is 0 Å². The van der Waals surface area contributed by atoms with Crippen molar-refractivity contribution < 1.29 is 0 Å². The van der Waals surface area contributed by atoms with Gasteiger partial charge in [0.25, 0.3) is 0 Å². The van der Waals surface area contributed by atoms with E-state index in [-0.39, 0.29) is 0 Å². The number of nitrogens with one attached hydrogen (secondary N) is 1. The number of anilines is 2. The minimum Gasteiger partial charge on any atom is -0.339 e. The molecule has 19 heavy (non-hydrogen) atoms. The van der Waals surface area contributed by atoms with Gasteiger partial charge < -0.3 is 5.32 Å². The van der Waals surface area contributed by atoms with Crippen molar-refractivity contribution in [3.05, 3.63) is 52.2 Å². The number of aryl methyl sites for hydroxylation is 4. The second-order valence-corrected chi connectivity index (χ2v) is 4.86. The normalized spacial score (nSPS) is 10.1. The number of hydrogen-bond acceptors (Lipinski definition) is 3. The molecule has 0 amide bonds. The molecular formula is C16H17N3. The van der Waals surface area contributed by atoms with E-state index in [4.69, 9.17) is 0 Å². The molecule has 0 unspecified atom stereocenters. The Morgan fingerprint density at radius 2 is 1.68 bits per heavy atom.